The van der Waals surface area contributed by atoms with Gasteiger partial charge in [0.1, 0.15) is 0 Å². The summed E-state index contributed by atoms with van der Waals surface area (Å²) < 4.78 is 0. The van der Waals surface area contributed by atoms with Crippen molar-refractivity contribution in [3.8, 4) is 0 Å². The van der Waals surface area contributed by atoms with Crippen molar-refractivity contribution in [2.75, 3.05) is 0 Å². The zero-order valence-electron chi connectivity index (χ0n) is 5.48. The van der Waals surface area contributed by atoms with Crippen LogP contribution in [0.25, 0.3) is 0 Å². The minimum Gasteiger partial charge on any atom is -0.478 e. The van der Waals surface area contributed by atoms with Crippen molar-refractivity contribution in [3.05, 3.63) is 12.2 Å². The molecule has 0 saturated carbocycles. The summed E-state index contributed by atoms with van der Waals surface area (Å²) in [6, 6.07) is 0. The molecule has 3 heteroatoms. The third kappa shape index (κ3) is 5.97. The van der Waals surface area contributed by atoms with Gasteiger partial charge in [-0.1, -0.05) is 19.9 Å². The Hall–Kier alpha value is 0.0931. The van der Waals surface area contributed by atoms with Crippen molar-refractivity contribution < 1.29 is 36.1 Å². The van der Waals surface area contributed by atoms with Crippen LogP contribution in [0.5, 0.6) is 0 Å². The predicted molar refractivity (Wildman–Crippen MR) is 31.7 cm³/mol. The van der Waals surface area contributed by atoms with E-state index in [9.17, 15) is 4.79 Å². The van der Waals surface area contributed by atoms with Gasteiger partial charge in [-0.05, 0) is 6.42 Å². The molecule has 50 valence electrons. The molecule has 0 aromatic carbocycles. The Bertz CT molecular complexity index is 110. The largest absolute Gasteiger partial charge is 0.478 e. The molecule has 0 spiro atoms. The number of hydrogen-bond donors (Lipinski definition) is 1. The monoisotopic (exact) mass is 204 g/mol. The van der Waals surface area contributed by atoms with Crippen LogP contribution in [0, 0.1) is 0 Å². The second kappa shape index (κ2) is 6.22. The van der Waals surface area contributed by atoms with Gasteiger partial charge < -0.3 is 5.11 Å². The SMILES string of the molecule is C=C(CCC)C(=O)O.[Zr]. The van der Waals surface area contributed by atoms with Crippen LogP contribution in [-0.2, 0) is 31.0 Å². The maximum Gasteiger partial charge on any atom is 0.330 e. The Morgan fingerprint density at radius 3 is 2.22 bits per heavy atom. The van der Waals surface area contributed by atoms with E-state index in [4.69, 9.17) is 5.11 Å². The molecule has 0 rings (SSSR count). The molecule has 0 radical (unpaired) electrons. The second-order valence-corrected chi connectivity index (χ2v) is 1.66. The Balaban J connectivity index is 0. The van der Waals surface area contributed by atoms with E-state index in [1.165, 1.54) is 0 Å². The molecule has 0 heterocycles. The van der Waals surface area contributed by atoms with E-state index in [-0.39, 0.29) is 26.2 Å². The standard InChI is InChI=1S/C6H10O2.Zr/c1-3-4-5(2)6(7)8;/h2-4H2,1H3,(H,7,8);. The van der Waals surface area contributed by atoms with Crippen LogP contribution in [0.1, 0.15) is 19.8 Å². The van der Waals surface area contributed by atoms with E-state index in [1.807, 2.05) is 6.92 Å². The van der Waals surface area contributed by atoms with Crippen LogP contribution in [0.3, 0.4) is 0 Å². The Morgan fingerprint density at radius 2 is 2.11 bits per heavy atom. The van der Waals surface area contributed by atoms with Gasteiger partial charge in [0.15, 0.2) is 0 Å². The van der Waals surface area contributed by atoms with Crippen molar-refractivity contribution in [1.29, 1.82) is 0 Å². The Kier molecular flexibility index (Phi) is 8.18. The molecule has 9 heavy (non-hydrogen) atoms. The number of carboxylic acid groups (broad SMARTS) is 1. The molecule has 2 nitrogen and oxygen atoms in total. The number of rotatable bonds is 3. The van der Waals surface area contributed by atoms with Gasteiger partial charge in [0.2, 0.25) is 0 Å². The fraction of sp³-hybridized carbons (Fsp3) is 0.500. The van der Waals surface area contributed by atoms with Gasteiger partial charge in [-0.15, -0.1) is 0 Å². The van der Waals surface area contributed by atoms with Crippen molar-refractivity contribution in [2.24, 2.45) is 0 Å². The molecule has 0 unspecified atom stereocenters. The van der Waals surface area contributed by atoms with Gasteiger partial charge in [-0.25, -0.2) is 4.79 Å². The zero-order valence-corrected chi connectivity index (χ0v) is 7.93. The summed E-state index contributed by atoms with van der Waals surface area (Å²) in [7, 11) is 0. The van der Waals surface area contributed by atoms with Crippen molar-refractivity contribution in [2.45, 2.75) is 19.8 Å². The molecule has 0 aliphatic carbocycles. The van der Waals surface area contributed by atoms with Crippen LogP contribution in [-0.4, -0.2) is 11.1 Å². The summed E-state index contributed by atoms with van der Waals surface area (Å²) in [4.78, 5) is 9.99. The van der Waals surface area contributed by atoms with Crippen LogP contribution < -0.4 is 0 Å². The molecule has 0 fully saturated rings. The summed E-state index contributed by atoms with van der Waals surface area (Å²) in [6.45, 7) is 5.27. The molecule has 0 bridgehead atoms. The topological polar surface area (TPSA) is 37.3 Å². The van der Waals surface area contributed by atoms with Crippen LogP contribution in [0.15, 0.2) is 12.2 Å². The van der Waals surface area contributed by atoms with Gasteiger partial charge in [0.25, 0.3) is 0 Å². The summed E-state index contributed by atoms with van der Waals surface area (Å²) in [5, 5.41) is 8.21. The summed E-state index contributed by atoms with van der Waals surface area (Å²) in [5.74, 6) is -0.883. The fourth-order valence-corrected chi connectivity index (χ4v) is 0.409. The molecule has 0 aliphatic rings. The summed E-state index contributed by atoms with van der Waals surface area (Å²) in [5.41, 5.74) is 0.299. The number of aliphatic carboxylic acids is 1. The predicted octanol–water partition coefficient (Wildman–Crippen LogP) is 1.42. The van der Waals surface area contributed by atoms with E-state index in [1.54, 1.807) is 0 Å². The quantitative estimate of drug-likeness (QED) is 0.708. The van der Waals surface area contributed by atoms with E-state index < -0.39 is 5.97 Å². The van der Waals surface area contributed by atoms with Gasteiger partial charge >= 0.3 is 5.97 Å². The van der Waals surface area contributed by atoms with E-state index in [0.29, 0.717) is 12.0 Å². The number of hydrogen-bond acceptors (Lipinski definition) is 1. The first-order valence-electron chi connectivity index (χ1n) is 2.59. The van der Waals surface area contributed by atoms with Gasteiger partial charge in [0.05, 0.1) is 0 Å². The zero-order chi connectivity index (χ0) is 6.57. The smallest absolute Gasteiger partial charge is 0.330 e. The normalized spacial score (nSPS) is 7.67. The minimum absolute atomic E-state index is 0. The maximum atomic E-state index is 9.99. The van der Waals surface area contributed by atoms with Crippen LogP contribution in [0.2, 0.25) is 0 Å². The van der Waals surface area contributed by atoms with Crippen LogP contribution in [0.4, 0.5) is 0 Å². The number of carbonyl (C=O) groups is 1. The first-order valence-corrected chi connectivity index (χ1v) is 2.59. The molecule has 0 amide bonds. The molecule has 0 aromatic heterocycles. The third-order valence-electron chi connectivity index (χ3n) is 0.854. The van der Waals surface area contributed by atoms with Crippen LogP contribution >= 0.6 is 0 Å². The second-order valence-electron chi connectivity index (χ2n) is 1.66. The maximum absolute atomic E-state index is 9.99. The van der Waals surface area contributed by atoms with Crippen molar-refractivity contribution >= 4 is 5.97 Å². The van der Waals surface area contributed by atoms with Crippen molar-refractivity contribution in [3.63, 3.8) is 0 Å². The number of carboxylic acids is 1. The molecule has 0 aliphatic heterocycles. The van der Waals surface area contributed by atoms with E-state index in [0.717, 1.165) is 6.42 Å². The summed E-state index contributed by atoms with van der Waals surface area (Å²) in [6.07, 6.45) is 1.44. The fourth-order valence-electron chi connectivity index (χ4n) is 0.409. The summed E-state index contributed by atoms with van der Waals surface area (Å²) >= 11 is 0. The first kappa shape index (κ1) is 11.8. The van der Waals surface area contributed by atoms with E-state index in [2.05, 4.69) is 6.58 Å². The molecular weight excluding hydrogens is 195 g/mol. The Morgan fingerprint density at radius 1 is 1.67 bits per heavy atom. The average Bonchev–Trinajstić information content (AvgIpc) is 1.67. The van der Waals surface area contributed by atoms with Gasteiger partial charge in [0, 0.05) is 31.8 Å². The van der Waals surface area contributed by atoms with Crippen molar-refractivity contribution in [1.82, 2.24) is 0 Å². The molecule has 0 atom stereocenters. The minimum atomic E-state index is -0.883. The average molecular weight is 205 g/mol. The first-order chi connectivity index (χ1) is 3.68. The molecular formula is C6H10O2Zr. The Labute approximate surface area is 74.1 Å². The molecule has 1 N–H and O–H groups in total. The third-order valence-corrected chi connectivity index (χ3v) is 0.854. The van der Waals surface area contributed by atoms with E-state index >= 15 is 0 Å². The van der Waals surface area contributed by atoms with Gasteiger partial charge in [-0.3, -0.25) is 0 Å². The molecule has 0 aromatic rings. The van der Waals surface area contributed by atoms with Gasteiger partial charge in [-0.2, -0.15) is 0 Å². The molecule has 0 saturated heterocycles.